The molecule has 0 radical (unpaired) electrons. The molecule has 0 fully saturated rings. The van der Waals surface area contributed by atoms with Crippen molar-refractivity contribution in [3.05, 3.63) is 11.1 Å². The summed E-state index contributed by atoms with van der Waals surface area (Å²) in [5, 5.41) is 16.2. The van der Waals surface area contributed by atoms with Crippen molar-refractivity contribution < 1.29 is 14.7 Å². The number of oxime groups is 1. The molecule has 0 aliphatic rings. The highest BCUT2D eigenvalue weighted by atomic mass is 32.1. The molecule has 6 nitrogen and oxygen atoms in total. The Morgan fingerprint density at radius 1 is 1.80 bits per heavy atom. The zero-order valence-electron chi connectivity index (χ0n) is 8.35. The first-order chi connectivity index (χ1) is 7.17. The molecule has 1 aromatic heterocycles. The number of carbonyl (C=O) groups is 1. The van der Waals surface area contributed by atoms with E-state index in [-0.39, 0.29) is 12.5 Å². The van der Waals surface area contributed by atoms with Gasteiger partial charge in [-0.05, 0) is 6.92 Å². The second-order valence-electron chi connectivity index (χ2n) is 2.70. The maximum Gasteiger partial charge on any atom is 0.252 e. The molecule has 0 saturated heterocycles. The van der Waals surface area contributed by atoms with Crippen LogP contribution in [-0.2, 0) is 9.53 Å². The number of ether oxygens (including phenoxy) is 1. The lowest BCUT2D eigenvalue weighted by Gasteiger charge is -1.98. The topological polar surface area (TPSA) is 83.8 Å². The van der Waals surface area contributed by atoms with E-state index in [1.54, 1.807) is 12.3 Å². The van der Waals surface area contributed by atoms with Crippen molar-refractivity contribution in [3.63, 3.8) is 0 Å². The van der Waals surface area contributed by atoms with Crippen molar-refractivity contribution in [2.45, 2.75) is 6.92 Å². The normalized spacial score (nSPS) is 11.5. The van der Waals surface area contributed by atoms with E-state index in [0.717, 1.165) is 0 Å². The highest BCUT2D eigenvalue weighted by Crippen LogP contribution is 2.15. The van der Waals surface area contributed by atoms with E-state index >= 15 is 0 Å². The Kier molecular flexibility index (Phi) is 4.19. The maximum absolute atomic E-state index is 11.1. The van der Waals surface area contributed by atoms with E-state index < -0.39 is 0 Å². The number of carbonyl (C=O) groups excluding carboxylic acids is 1. The Morgan fingerprint density at radius 3 is 3.13 bits per heavy atom. The summed E-state index contributed by atoms with van der Waals surface area (Å²) in [7, 11) is 1.44. The van der Waals surface area contributed by atoms with Gasteiger partial charge in [-0.3, -0.25) is 10.1 Å². The van der Waals surface area contributed by atoms with Gasteiger partial charge in [0.05, 0.1) is 0 Å². The van der Waals surface area contributed by atoms with Crippen LogP contribution in [0.5, 0.6) is 0 Å². The summed E-state index contributed by atoms with van der Waals surface area (Å²) in [5.41, 5.74) is 0.939. The number of methoxy groups -OCH3 is 1. The molecule has 1 heterocycles. The fraction of sp³-hybridized carbons (Fsp3) is 0.375. The first-order valence-electron chi connectivity index (χ1n) is 4.10. The van der Waals surface area contributed by atoms with Gasteiger partial charge in [-0.2, -0.15) is 0 Å². The van der Waals surface area contributed by atoms with Gasteiger partial charge in [-0.1, -0.05) is 5.16 Å². The number of aromatic nitrogens is 1. The molecule has 0 atom stereocenters. The number of amides is 1. The van der Waals surface area contributed by atoms with E-state index in [1.807, 2.05) is 0 Å². The molecule has 15 heavy (non-hydrogen) atoms. The summed E-state index contributed by atoms with van der Waals surface area (Å²) in [4.78, 5) is 15.2. The van der Waals surface area contributed by atoms with Gasteiger partial charge < -0.3 is 9.94 Å². The summed E-state index contributed by atoms with van der Waals surface area (Å²) in [6.07, 6.45) is 0. The molecule has 7 heteroatoms. The summed E-state index contributed by atoms with van der Waals surface area (Å²) >= 11 is 1.26. The molecule has 0 aliphatic carbocycles. The van der Waals surface area contributed by atoms with Crippen LogP contribution in [0.15, 0.2) is 10.5 Å². The second kappa shape index (κ2) is 5.42. The number of rotatable bonds is 4. The molecule has 0 aromatic carbocycles. The van der Waals surface area contributed by atoms with E-state index in [9.17, 15) is 4.79 Å². The van der Waals surface area contributed by atoms with Crippen molar-refractivity contribution in [1.82, 2.24) is 4.98 Å². The summed E-state index contributed by atoms with van der Waals surface area (Å²) in [5.74, 6) is -0.267. The molecule has 82 valence electrons. The van der Waals surface area contributed by atoms with Gasteiger partial charge >= 0.3 is 0 Å². The first kappa shape index (κ1) is 11.6. The SMILES string of the molecule is COCC(=O)Nc1nc(C(C)=NO)cs1. The first-order valence-corrected chi connectivity index (χ1v) is 4.98. The Hall–Kier alpha value is -1.47. The molecule has 0 saturated carbocycles. The van der Waals surface area contributed by atoms with Gasteiger partial charge in [-0.15, -0.1) is 11.3 Å². The lowest BCUT2D eigenvalue weighted by molar-refractivity contribution is -0.119. The molecular formula is C8H11N3O3S. The maximum atomic E-state index is 11.1. The van der Waals surface area contributed by atoms with Crippen LogP contribution in [0.3, 0.4) is 0 Å². The number of anilines is 1. The standard InChI is InChI=1S/C8H11N3O3S/c1-5(11-13)6-4-15-8(9-6)10-7(12)3-14-2/h4,13H,3H2,1-2H3,(H,9,10,12). The zero-order valence-corrected chi connectivity index (χ0v) is 9.17. The highest BCUT2D eigenvalue weighted by Gasteiger charge is 2.07. The zero-order chi connectivity index (χ0) is 11.3. The van der Waals surface area contributed by atoms with E-state index in [4.69, 9.17) is 5.21 Å². The average Bonchev–Trinajstić information content (AvgIpc) is 2.65. The van der Waals surface area contributed by atoms with Gasteiger partial charge in [0.15, 0.2) is 5.13 Å². The molecule has 0 bridgehead atoms. The number of hydrogen-bond acceptors (Lipinski definition) is 6. The third kappa shape index (κ3) is 3.30. The van der Waals surface area contributed by atoms with Gasteiger partial charge in [0.2, 0.25) is 0 Å². The summed E-state index contributed by atoms with van der Waals surface area (Å²) < 4.78 is 4.65. The fourth-order valence-corrected chi connectivity index (χ4v) is 1.61. The monoisotopic (exact) mass is 229 g/mol. The molecule has 2 N–H and O–H groups in total. The second-order valence-corrected chi connectivity index (χ2v) is 3.56. The molecule has 0 spiro atoms. The number of nitrogens with one attached hydrogen (secondary N) is 1. The minimum atomic E-state index is -0.267. The predicted molar refractivity (Wildman–Crippen MR) is 56.6 cm³/mol. The number of thiazole rings is 1. The van der Waals surface area contributed by atoms with Gasteiger partial charge in [-0.25, -0.2) is 4.98 Å². The highest BCUT2D eigenvalue weighted by molar-refractivity contribution is 7.14. The average molecular weight is 229 g/mol. The quantitative estimate of drug-likeness (QED) is 0.457. The fourth-order valence-electron chi connectivity index (χ4n) is 0.835. The van der Waals surface area contributed by atoms with Crippen molar-refractivity contribution in [1.29, 1.82) is 0 Å². The van der Waals surface area contributed by atoms with Crippen molar-refractivity contribution in [2.75, 3.05) is 19.0 Å². The molecular weight excluding hydrogens is 218 g/mol. The van der Waals surface area contributed by atoms with E-state index in [0.29, 0.717) is 16.5 Å². The Bertz CT molecular complexity index is 375. The van der Waals surface area contributed by atoms with Crippen molar-refractivity contribution in [3.8, 4) is 0 Å². The van der Waals surface area contributed by atoms with Gasteiger partial charge in [0.25, 0.3) is 5.91 Å². The van der Waals surface area contributed by atoms with Crippen LogP contribution in [-0.4, -0.2) is 35.5 Å². The Balaban J connectivity index is 2.64. The van der Waals surface area contributed by atoms with Crippen molar-refractivity contribution in [2.24, 2.45) is 5.16 Å². The minimum Gasteiger partial charge on any atom is -0.411 e. The third-order valence-electron chi connectivity index (χ3n) is 1.55. The van der Waals surface area contributed by atoms with Crippen LogP contribution in [0.2, 0.25) is 0 Å². The predicted octanol–water partition coefficient (Wildman–Crippen LogP) is 0.926. The molecule has 0 unspecified atom stereocenters. The third-order valence-corrected chi connectivity index (χ3v) is 2.30. The van der Waals surface area contributed by atoms with Crippen LogP contribution in [0.1, 0.15) is 12.6 Å². The number of hydrogen-bond donors (Lipinski definition) is 2. The number of nitrogens with zero attached hydrogens (tertiary/aromatic N) is 2. The van der Waals surface area contributed by atoms with Gasteiger partial charge in [0.1, 0.15) is 18.0 Å². The van der Waals surface area contributed by atoms with Gasteiger partial charge in [0, 0.05) is 12.5 Å². The largest absolute Gasteiger partial charge is 0.411 e. The van der Waals surface area contributed by atoms with Crippen LogP contribution < -0.4 is 5.32 Å². The van der Waals surface area contributed by atoms with Crippen LogP contribution in [0.4, 0.5) is 5.13 Å². The lowest BCUT2D eigenvalue weighted by atomic mass is 10.3. The molecule has 0 aliphatic heterocycles. The molecule has 1 rings (SSSR count). The Labute approximate surface area is 90.6 Å². The van der Waals surface area contributed by atoms with Crippen LogP contribution >= 0.6 is 11.3 Å². The van der Waals surface area contributed by atoms with E-state index in [1.165, 1.54) is 18.4 Å². The van der Waals surface area contributed by atoms with Crippen LogP contribution in [0.25, 0.3) is 0 Å². The lowest BCUT2D eigenvalue weighted by Crippen LogP contribution is -2.17. The smallest absolute Gasteiger partial charge is 0.252 e. The Morgan fingerprint density at radius 2 is 2.53 bits per heavy atom. The molecule has 1 aromatic rings. The molecule has 1 amide bonds. The van der Waals surface area contributed by atoms with Crippen LogP contribution in [0, 0.1) is 0 Å². The summed E-state index contributed by atoms with van der Waals surface area (Å²) in [6, 6.07) is 0. The summed E-state index contributed by atoms with van der Waals surface area (Å²) in [6.45, 7) is 1.61. The van der Waals surface area contributed by atoms with Crippen molar-refractivity contribution >= 4 is 28.1 Å². The van der Waals surface area contributed by atoms with E-state index in [2.05, 4.69) is 20.2 Å². The minimum absolute atomic E-state index is 0.0119.